The molecule has 3 unspecified atom stereocenters. The molecular weight excluding hydrogens is 406 g/mol. The van der Waals surface area contributed by atoms with Gasteiger partial charge in [-0.3, -0.25) is 9.59 Å². The Hall–Kier alpha value is -0.240. The standard InChI is InChI=1S/C22H43NO4S2/c1-11-21(8,27-18(25)19(4,5)15-20(6,7)28)13-14-26-22(9,12-2)17(24)16(3)23(10)29/h16,28-29H,11-15H2,1-10H3. The molecule has 3 atom stereocenters. The van der Waals surface area contributed by atoms with Gasteiger partial charge in [0.15, 0.2) is 5.78 Å². The summed E-state index contributed by atoms with van der Waals surface area (Å²) in [7, 11) is 1.75. The number of carbonyl (C=O) groups excluding carboxylic acids is 2. The second-order valence-electron chi connectivity index (χ2n) is 9.86. The fraction of sp³-hybridized carbons (Fsp3) is 0.909. The van der Waals surface area contributed by atoms with Crippen LogP contribution in [0.15, 0.2) is 0 Å². The van der Waals surface area contributed by atoms with Gasteiger partial charge in [0.1, 0.15) is 11.2 Å². The SMILES string of the molecule is CCC(C)(CCOC(C)(CC)C(=O)C(C)N(C)S)OC(=O)C(C)(C)CC(C)(C)S. The maximum absolute atomic E-state index is 12.8. The van der Waals surface area contributed by atoms with Gasteiger partial charge < -0.3 is 9.47 Å². The predicted octanol–water partition coefficient (Wildman–Crippen LogP) is 5.13. The van der Waals surface area contributed by atoms with E-state index in [0.29, 0.717) is 32.3 Å². The molecule has 0 N–H and O–H groups in total. The van der Waals surface area contributed by atoms with Crippen LogP contribution in [-0.4, -0.2) is 51.7 Å². The minimum absolute atomic E-state index is 0.00941. The van der Waals surface area contributed by atoms with E-state index in [1.54, 1.807) is 11.4 Å². The van der Waals surface area contributed by atoms with E-state index in [4.69, 9.17) is 9.47 Å². The quantitative estimate of drug-likeness (QED) is 0.301. The van der Waals surface area contributed by atoms with Gasteiger partial charge >= 0.3 is 5.97 Å². The molecular formula is C22H43NO4S2. The lowest BCUT2D eigenvalue weighted by Crippen LogP contribution is -2.48. The highest BCUT2D eigenvalue weighted by molar-refractivity contribution is 7.81. The molecule has 0 aliphatic rings. The Morgan fingerprint density at radius 1 is 1.03 bits per heavy atom. The number of carbonyl (C=O) groups is 2. The zero-order valence-corrected chi connectivity index (χ0v) is 21.9. The number of likely N-dealkylation sites (N-methyl/N-ethyl adjacent to an activating group) is 1. The van der Waals surface area contributed by atoms with Crippen LogP contribution in [-0.2, 0) is 19.1 Å². The van der Waals surface area contributed by atoms with E-state index in [0.717, 1.165) is 0 Å². The van der Waals surface area contributed by atoms with Crippen molar-refractivity contribution in [2.45, 2.75) is 110 Å². The Balaban J connectivity index is 5.09. The van der Waals surface area contributed by atoms with Crippen LogP contribution in [0.4, 0.5) is 0 Å². The number of hydrogen-bond acceptors (Lipinski definition) is 7. The Morgan fingerprint density at radius 2 is 1.55 bits per heavy atom. The van der Waals surface area contributed by atoms with Crippen LogP contribution in [0, 0.1) is 5.41 Å². The summed E-state index contributed by atoms with van der Waals surface area (Å²) in [6.45, 7) is 17.6. The number of nitrogens with zero attached hydrogens (tertiary/aromatic N) is 1. The van der Waals surface area contributed by atoms with E-state index in [-0.39, 0.29) is 22.5 Å². The first-order valence-corrected chi connectivity index (χ1v) is 11.3. The molecule has 0 aliphatic carbocycles. The summed E-state index contributed by atoms with van der Waals surface area (Å²) in [5.41, 5.74) is -2.19. The first-order chi connectivity index (χ1) is 12.9. The third kappa shape index (κ3) is 9.19. The van der Waals surface area contributed by atoms with Crippen molar-refractivity contribution in [1.82, 2.24) is 4.31 Å². The maximum atomic E-state index is 12.8. The summed E-state index contributed by atoms with van der Waals surface area (Å²) in [5.74, 6) is -0.242. The predicted molar refractivity (Wildman–Crippen MR) is 127 cm³/mol. The Labute approximate surface area is 189 Å². The lowest BCUT2D eigenvalue weighted by Gasteiger charge is -2.37. The van der Waals surface area contributed by atoms with Gasteiger partial charge in [0.25, 0.3) is 0 Å². The molecule has 0 radical (unpaired) electrons. The van der Waals surface area contributed by atoms with Crippen LogP contribution >= 0.6 is 25.4 Å². The molecule has 5 nitrogen and oxygen atoms in total. The van der Waals surface area contributed by atoms with Crippen molar-refractivity contribution in [3.05, 3.63) is 0 Å². The number of esters is 1. The van der Waals surface area contributed by atoms with Crippen molar-refractivity contribution in [2.24, 2.45) is 5.41 Å². The van der Waals surface area contributed by atoms with Crippen LogP contribution in [0.1, 0.15) is 88.0 Å². The summed E-state index contributed by atoms with van der Waals surface area (Å²) >= 11 is 8.80. The van der Waals surface area contributed by atoms with E-state index in [1.165, 1.54) is 0 Å². The van der Waals surface area contributed by atoms with Crippen molar-refractivity contribution in [3.63, 3.8) is 0 Å². The van der Waals surface area contributed by atoms with E-state index in [1.807, 2.05) is 62.3 Å². The minimum Gasteiger partial charge on any atom is -0.459 e. The summed E-state index contributed by atoms with van der Waals surface area (Å²) in [4.78, 5) is 25.6. The van der Waals surface area contributed by atoms with E-state index < -0.39 is 16.6 Å². The molecule has 172 valence electrons. The Morgan fingerprint density at radius 3 is 1.93 bits per heavy atom. The van der Waals surface area contributed by atoms with E-state index in [9.17, 15) is 9.59 Å². The monoisotopic (exact) mass is 449 g/mol. The van der Waals surface area contributed by atoms with Crippen molar-refractivity contribution in [2.75, 3.05) is 13.7 Å². The number of ketones is 1. The molecule has 0 aromatic rings. The summed E-state index contributed by atoms with van der Waals surface area (Å²) in [6.07, 6.45) is 2.35. The maximum Gasteiger partial charge on any atom is 0.312 e. The smallest absolute Gasteiger partial charge is 0.312 e. The third-order valence-electron chi connectivity index (χ3n) is 5.70. The zero-order valence-electron chi connectivity index (χ0n) is 20.1. The average Bonchev–Trinajstić information content (AvgIpc) is 2.57. The number of Topliss-reactive ketones (excluding diaryl/α,β-unsaturated/α-hetero) is 1. The normalized spacial score (nSPS) is 18.1. The molecule has 0 saturated heterocycles. The summed E-state index contributed by atoms with van der Waals surface area (Å²) < 4.78 is 13.3. The number of rotatable bonds is 13. The molecule has 29 heavy (non-hydrogen) atoms. The Kier molecular flexibility index (Phi) is 10.8. The lowest BCUT2D eigenvalue weighted by molar-refractivity contribution is -0.174. The van der Waals surface area contributed by atoms with E-state index in [2.05, 4.69) is 25.4 Å². The first-order valence-electron chi connectivity index (χ1n) is 10.5. The highest BCUT2D eigenvalue weighted by atomic mass is 32.1. The molecule has 0 aliphatic heterocycles. The number of thiol groups is 2. The topological polar surface area (TPSA) is 55.8 Å². The van der Waals surface area contributed by atoms with Crippen molar-refractivity contribution in [1.29, 1.82) is 0 Å². The van der Waals surface area contributed by atoms with Crippen LogP contribution in [0.5, 0.6) is 0 Å². The Bertz CT molecular complexity index is 560. The van der Waals surface area contributed by atoms with Gasteiger partial charge in [0, 0.05) is 11.2 Å². The average molecular weight is 450 g/mol. The molecule has 0 bridgehead atoms. The fourth-order valence-corrected chi connectivity index (χ4v) is 3.77. The van der Waals surface area contributed by atoms with Crippen molar-refractivity contribution >= 4 is 37.2 Å². The van der Waals surface area contributed by atoms with E-state index >= 15 is 0 Å². The molecule has 0 fully saturated rings. The van der Waals surface area contributed by atoms with Gasteiger partial charge in [-0.15, -0.1) is 0 Å². The molecule has 0 amide bonds. The van der Waals surface area contributed by atoms with Crippen molar-refractivity contribution in [3.8, 4) is 0 Å². The third-order valence-corrected chi connectivity index (χ3v) is 6.21. The summed E-state index contributed by atoms with van der Waals surface area (Å²) in [5, 5.41) is 0. The van der Waals surface area contributed by atoms with Gasteiger partial charge in [0.2, 0.25) is 0 Å². The largest absolute Gasteiger partial charge is 0.459 e. The molecule has 0 aromatic heterocycles. The van der Waals surface area contributed by atoms with Crippen LogP contribution in [0.2, 0.25) is 0 Å². The van der Waals surface area contributed by atoms with Crippen molar-refractivity contribution < 1.29 is 19.1 Å². The molecule has 7 heteroatoms. The van der Waals surface area contributed by atoms with Gasteiger partial charge in [-0.05, 0) is 60.9 Å². The van der Waals surface area contributed by atoms with Crippen LogP contribution in [0.25, 0.3) is 0 Å². The van der Waals surface area contributed by atoms with Gasteiger partial charge in [-0.25, -0.2) is 4.31 Å². The van der Waals surface area contributed by atoms with Gasteiger partial charge in [-0.1, -0.05) is 40.5 Å². The molecule has 0 rings (SSSR count). The van der Waals surface area contributed by atoms with Crippen LogP contribution < -0.4 is 0 Å². The lowest BCUT2D eigenvalue weighted by atomic mass is 9.83. The molecule has 0 heterocycles. The highest BCUT2D eigenvalue weighted by Crippen LogP contribution is 2.35. The summed E-state index contributed by atoms with van der Waals surface area (Å²) in [6, 6.07) is -0.357. The second-order valence-corrected chi connectivity index (χ2v) is 11.7. The zero-order chi connectivity index (χ0) is 23.3. The highest BCUT2D eigenvalue weighted by Gasteiger charge is 2.40. The molecule has 0 spiro atoms. The number of hydrogen-bond donors (Lipinski definition) is 2. The van der Waals surface area contributed by atoms with Gasteiger partial charge in [0.05, 0.1) is 18.1 Å². The van der Waals surface area contributed by atoms with Crippen LogP contribution in [0.3, 0.4) is 0 Å². The fourth-order valence-electron chi connectivity index (χ4n) is 3.27. The molecule has 0 aromatic carbocycles. The molecule has 0 saturated carbocycles. The second kappa shape index (κ2) is 10.9. The minimum atomic E-state index is -0.898. The van der Waals surface area contributed by atoms with Gasteiger partial charge in [-0.2, -0.15) is 12.6 Å². The first kappa shape index (κ1) is 28.8. The number of ether oxygens (including phenoxy) is 2.